The van der Waals surface area contributed by atoms with Gasteiger partial charge in [0.25, 0.3) is 10.1 Å². The first-order valence-electron chi connectivity index (χ1n) is 5.17. The van der Waals surface area contributed by atoms with Crippen LogP contribution in [0.4, 0.5) is 0 Å². The van der Waals surface area contributed by atoms with Crippen molar-refractivity contribution in [2.75, 3.05) is 5.75 Å². The summed E-state index contributed by atoms with van der Waals surface area (Å²) in [7, 11) is -3.84. The van der Waals surface area contributed by atoms with Gasteiger partial charge in [-0.25, -0.2) is 0 Å². The van der Waals surface area contributed by atoms with Crippen molar-refractivity contribution in [1.82, 2.24) is 0 Å². The molecule has 5 nitrogen and oxygen atoms in total. The molecule has 0 saturated carbocycles. The number of aliphatic carboxylic acids is 1. The van der Waals surface area contributed by atoms with Crippen LogP contribution >= 0.6 is 0 Å². The largest absolute Gasteiger partial charge is 1.00 e. The Morgan fingerprint density at radius 2 is 1.59 bits per heavy atom. The molecule has 0 radical (unpaired) electrons. The molecule has 0 spiro atoms. The van der Waals surface area contributed by atoms with Gasteiger partial charge in [0.05, 0.1) is 11.7 Å². The van der Waals surface area contributed by atoms with Crippen LogP contribution < -0.4 is 56.5 Å². The van der Waals surface area contributed by atoms with E-state index in [1.165, 1.54) is 0 Å². The summed E-state index contributed by atoms with van der Waals surface area (Å²) in [4.78, 5) is 10.3. The Hall–Kier alpha value is 0.756. The molecule has 0 heterocycles. The Kier molecular flexibility index (Phi) is 12.6. The molecule has 7 heteroatoms. The summed E-state index contributed by atoms with van der Waals surface area (Å²) < 4.78 is 29.2. The zero-order valence-corrected chi connectivity index (χ0v) is 14.1. The Balaban J connectivity index is 0. The van der Waals surface area contributed by atoms with E-state index >= 15 is 0 Å². The minimum absolute atomic E-state index is 0. The van der Waals surface area contributed by atoms with Crippen molar-refractivity contribution in [3.8, 4) is 0 Å². The van der Waals surface area contributed by atoms with Gasteiger partial charge >= 0.3 is 51.4 Å². The summed E-state index contributed by atoms with van der Waals surface area (Å²) in [5.74, 6) is -1.43. The quantitative estimate of drug-likeness (QED) is 0.219. The summed E-state index contributed by atoms with van der Waals surface area (Å²) >= 11 is 0. The molecule has 0 aromatic heterocycles. The predicted molar refractivity (Wildman–Crippen MR) is 58.3 cm³/mol. The number of carbonyl (C=O) groups excluding carboxylic acids is 1. The minimum atomic E-state index is -3.84. The Labute approximate surface area is 145 Å². The first-order chi connectivity index (χ1) is 7.33. The van der Waals surface area contributed by atoms with E-state index in [9.17, 15) is 18.3 Å². The second-order valence-electron chi connectivity index (χ2n) is 3.69. The molecule has 0 atom stereocenters. The SMILES string of the molecule is C=C(CCCCCCCS(=O)(=O)O)C(=O)[O-].[K+]. The minimum Gasteiger partial charge on any atom is -0.545 e. The first-order valence-corrected chi connectivity index (χ1v) is 6.78. The van der Waals surface area contributed by atoms with Crippen LogP contribution in [0.25, 0.3) is 0 Å². The number of hydrogen-bond donors (Lipinski definition) is 1. The van der Waals surface area contributed by atoms with Crippen LogP contribution in [-0.2, 0) is 14.9 Å². The number of unbranched alkanes of at least 4 members (excludes halogenated alkanes) is 4. The van der Waals surface area contributed by atoms with Gasteiger partial charge in [0.2, 0.25) is 0 Å². The second kappa shape index (κ2) is 10.7. The number of carbonyl (C=O) groups is 1. The van der Waals surface area contributed by atoms with Gasteiger partial charge < -0.3 is 9.90 Å². The summed E-state index contributed by atoms with van der Waals surface area (Å²) in [6, 6.07) is 0. The second-order valence-corrected chi connectivity index (χ2v) is 5.27. The van der Waals surface area contributed by atoms with Gasteiger partial charge in [0, 0.05) is 0 Å². The van der Waals surface area contributed by atoms with Gasteiger partial charge in [-0.3, -0.25) is 4.55 Å². The molecule has 0 saturated heterocycles. The molecule has 0 aliphatic rings. The van der Waals surface area contributed by atoms with E-state index in [4.69, 9.17) is 4.55 Å². The van der Waals surface area contributed by atoms with Crippen LogP contribution in [0, 0.1) is 0 Å². The van der Waals surface area contributed by atoms with Gasteiger partial charge in [-0.2, -0.15) is 8.42 Å². The van der Waals surface area contributed by atoms with Crippen LogP contribution in [-0.4, -0.2) is 24.7 Å². The van der Waals surface area contributed by atoms with E-state index in [1.807, 2.05) is 0 Å². The third kappa shape index (κ3) is 14.7. The number of rotatable bonds is 9. The molecule has 0 bridgehead atoms. The average Bonchev–Trinajstić information content (AvgIpc) is 2.14. The maximum absolute atomic E-state index is 10.4. The van der Waals surface area contributed by atoms with Crippen LogP contribution in [0.5, 0.6) is 0 Å². The molecular weight excluding hydrogens is 271 g/mol. The van der Waals surface area contributed by atoms with E-state index in [0.29, 0.717) is 25.7 Å². The fourth-order valence-corrected chi connectivity index (χ4v) is 1.82. The van der Waals surface area contributed by atoms with Gasteiger partial charge in [0.15, 0.2) is 0 Å². The predicted octanol–water partition coefficient (Wildman–Crippen LogP) is -2.48. The van der Waals surface area contributed by atoms with Gasteiger partial charge in [-0.05, 0) is 24.8 Å². The normalized spacial score (nSPS) is 10.6. The van der Waals surface area contributed by atoms with Crippen molar-refractivity contribution in [1.29, 1.82) is 0 Å². The average molecular weight is 288 g/mol. The van der Waals surface area contributed by atoms with Crippen molar-refractivity contribution in [3.05, 3.63) is 12.2 Å². The summed E-state index contributed by atoms with van der Waals surface area (Å²) in [6.07, 6.45) is 3.88. The fraction of sp³-hybridized carbons (Fsp3) is 0.700. The molecule has 94 valence electrons. The molecule has 17 heavy (non-hydrogen) atoms. The van der Waals surface area contributed by atoms with Crippen LogP contribution in [0.1, 0.15) is 38.5 Å². The molecule has 0 aromatic rings. The summed E-state index contributed by atoms with van der Waals surface area (Å²) in [6.45, 7) is 3.35. The fourth-order valence-electron chi connectivity index (χ4n) is 1.26. The monoisotopic (exact) mass is 288 g/mol. The number of carboxylic acids is 1. The molecule has 0 aliphatic carbocycles. The van der Waals surface area contributed by atoms with Crippen LogP contribution in [0.15, 0.2) is 12.2 Å². The van der Waals surface area contributed by atoms with E-state index in [-0.39, 0.29) is 62.7 Å². The van der Waals surface area contributed by atoms with Crippen molar-refractivity contribution in [3.63, 3.8) is 0 Å². The molecule has 0 amide bonds. The van der Waals surface area contributed by atoms with Gasteiger partial charge in [0.1, 0.15) is 0 Å². The smallest absolute Gasteiger partial charge is 0.545 e. The molecule has 0 unspecified atom stereocenters. The zero-order valence-electron chi connectivity index (χ0n) is 10.1. The molecule has 0 aromatic carbocycles. The topological polar surface area (TPSA) is 94.5 Å². The molecule has 0 rings (SSSR count). The number of carboxylic acid groups (broad SMARTS) is 1. The summed E-state index contributed by atoms with van der Waals surface area (Å²) in [5.41, 5.74) is 0.0953. The number of hydrogen-bond acceptors (Lipinski definition) is 4. The molecular formula is C10H17KO5S. The molecule has 0 fully saturated rings. The van der Waals surface area contributed by atoms with E-state index < -0.39 is 16.1 Å². The molecule has 1 N–H and O–H groups in total. The summed E-state index contributed by atoms with van der Waals surface area (Å²) in [5, 5.41) is 10.3. The Morgan fingerprint density at radius 3 is 2.06 bits per heavy atom. The van der Waals surface area contributed by atoms with E-state index in [0.717, 1.165) is 12.8 Å². The zero-order chi connectivity index (χ0) is 12.6. The maximum atomic E-state index is 10.4. The maximum Gasteiger partial charge on any atom is 1.00 e. The van der Waals surface area contributed by atoms with Crippen molar-refractivity contribution < 1.29 is 74.3 Å². The van der Waals surface area contributed by atoms with Crippen LogP contribution in [0.2, 0.25) is 0 Å². The Bertz CT molecular complexity index is 337. The third-order valence-corrected chi connectivity index (χ3v) is 2.97. The van der Waals surface area contributed by atoms with Gasteiger partial charge in [-0.1, -0.05) is 25.8 Å². The van der Waals surface area contributed by atoms with E-state index in [2.05, 4.69) is 6.58 Å². The van der Waals surface area contributed by atoms with Gasteiger partial charge in [-0.15, -0.1) is 0 Å². The van der Waals surface area contributed by atoms with E-state index in [1.54, 1.807) is 0 Å². The van der Waals surface area contributed by atoms with Crippen molar-refractivity contribution in [2.45, 2.75) is 38.5 Å². The standard InChI is InChI=1S/C10H18O5S.K/c1-9(10(11)12)7-5-3-2-4-6-8-16(13,14)15;/h1-8H2,(H,11,12)(H,13,14,15);/q;+1/p-1. The van der Waals surface area contributed by atoms with Crippen molar-refractivity contribution >= 4 is 16.1 Å². The third-order valence-electron chi connectivity index (χ3n) is 2.17. The van der Waals surface area contributed by atoms with Crippen molar-refractivity contribution in [2.24, 2.45) is 0 Å². The Morgan fingerprint density at radius 1 is 1.12 bits per heavy atom. The van der Waals surface area contributed by atoms with Crippen LogP contribution in [0.3, 0.4) is 0 Å². The first kappa shape index (κ1) is 20.1. The molecule has 0 aliphatic heterocycles.